The van der Waals surface area contributed by atoms with Crippen LogP contribution < -0.4 is 16.3 Å². The van der Waals surface area contributed by atoms with Gasteiger partial charge in [0.05, 0.1) is 29.8 Å². The van der Waals surface area contributed by atoms with Crippen LogP contribution in [0.4, 0.5) is 4.79 Å². The van der Waals surface area contributed by atoms with Crippen molar-refractivity contribution in [2.45, 2.75) is 102 Å². The van der Waals surface area contributed by atoms with Crippen LogP contribution >= 0.6 is 0 Å². The zero-order chi connectivity index (χ0) is 40.1. The minimum absolute atomic E-state index is 0.000876. The highest BCUT2D eigenvalue weighted by Crippen LogP contribution is 2.55. The Morgan fingerprint density at radius 1 is 0.814 bits per heavy atom. The number of likely N-dealkylation sites (tertiary alicyclic amines) is 1. The number of hydrogen-bond donors (Lipinski definition) is 4. The van der Waals surface area contributed by atoms with Crippen molar-refractivity contribution in [2.24, 2.45) is 23.7 Å². The molecule has 4 aliphatic carbocycles. The Kier molecular flexibility index (Phi) is 10.4. The molecule has 4 bridgehead atoms. The Hall–Kier alpha value is -4.74. The molecular weight excluding hydrogens is 739 g/mol. The lowest BCUT2D eigenvalue weighted by molar-refractivity contribution is -0.276. The molecule has 4 saturated carbocycles. The van der Waals surface area contributed by atoms with E-state index in [9.17, 15) is 14.7 Å². The lowest BCUT2D eigenvalue weighted by Gasteiger charge is -2.56. The third-order valence-electron chi connectivity index (χ3n) is 14.4. The van der Waals surface area contributed by atoms with Gasteiger partial charge in [0.15, 0.2) is 6.29 Å². The van der Waals surface area contributed by atoms with Gasteiger partial charge in [-0.2, -0.15) is 0 Å². The summed E-state index contributed by atoms with van der Waals surface area (Å²) in [4.78, 5) is 31.6. The van der Waals surface area contributed by atoms with E-state index in [1.54, 1.807) is 0 Å². The van der Waals surface area contributed by atoms with Crippen molar-refractivity contribution >= 4 is 17.1 Å². The molecule has 2 aliphatic heterocycles. The summed E-state index contributed by atoms with van der Waals surface area (Å²) in [6, 6.07) is 33.0. The van der Waals surface area contributed by atoms with Crippen LogP contribution in [-0.2, 0) is 22.6 Å². The van der Waals surface area contributed by atoms with Gasteiger partial charge in [0.1, 0.15) is 0 Å². The predicted octanol–water partition coefficient (Wildman–Crippen LogP) is 8.39. The molecule has 10 heteroatoms. The summed E-state index contributed by atoms with van der Waals surface area (Å²) < 4.78 is 15.6. The second kappa shape index (κ2) is 16.0. The first-order valence-corrected chi connectivity index (χ1v) is 22.0. The van der Waals surface area contributed by atoms with Gasteiger partial charge in [0, 0.05) is 49.2 Å². The first-order valence-electron chi connectivity index (χ1n) is 22.0. The molecule has 6 aliphatic rings. The lowest BCUT2D eigenvalue weighted by atomic mass is 9.53. The molecule has 308 valence electrons. The van der Waals surface area contributed by atoms with Crippen molar-refractivity contribution in [3.8, 4) is 11.1 Å². The molecule has 4 aromatic carbocycles. The number of hydrogen-bond acceptors (Lipinski definition) is 6. The number of para-hydroxylation sites is 2. The number of H-pyrrole nitrogens is 1. The molecule has 6 fully saturated rings. The van der Waals surface area contributed by atoms with Crippen LogP contribution in [0.3, 0.4) is 0 Å². The maximum atomic E-state index is 13.2. The second-order valence-corrected chi connectivity index (χ2v) is 18.5. The number of nitrogens with one attached hydrogen (secondary N) is 3. The third kappa shape index (κ3) is 7.88. The largest absolute Gasteiger partial charge is 0.392 e. The van der Waals surface area contributed by atoms with E-state index in [1.807, 2.05) is 41.0 Å². The van der Waals surface area contributed by atoms with E-state index in [-0.39, 0.29) is 48.0 Å². The molecule has 0 radical (unpaired) electrons. The predicted molar refractivity (Wildman–Crippen MR) is 228 cm³/mol. The van der Waals surface area contributed by atoms with Gasteiger partial charge in [-0.05, 0) is 115 Å². The fourth-order valence-electron chi connectivity index (χ4n) is 11.8. The molecule has 0 spiro atoms. The van der Waals surface area contributed by atoms with Crippen LogP contribution in [0.5, 0.6) is 0 Å². The molecule has 3 heterocycles. The van der Waals surface area contributed by atoms with Gasteiger partial charge in [-0.15, -0.1) is 0 Å². The lowest BCUT2D eigenvalue weighted by Crippen LogP contribution is -2.61. The number of aliphatic hydroxyl groups is 1. The summed E-state index contributed by atoms with van der Waals surface area (Å²) in [7, 11) is 0. The topological polar surface area (TPSA) is 121 Å². The van der Waals surface area contributed by atoms with Gasteiger partial charge in [0.25, 0.3) is 0 Å². The van der Waals surface area contributed by atoms with Crippen molar-refractivity contribution in [3.63, 3.8) is 0 Å². The van der Waals surface area contributed by atoms with Gasteiger partial charge >= 0.3 is 11.7 Å². The summed E-state index contributed by atoms with van der Waals surface area (Å²) in [5, 5.41) is 16.3. The van der Waals surface area contributed by atoms with E-state index < -0.39 is 6.29 Å². The van der Waals surface area contributed by atoms with Crippen LogP contribution in [-0.4, -0.2) is 56.9 Å². The van der Waals surface area contributed by atoms with E-state index in [0.717, 1.165) is 114 Å². The van der Waals surface area contributed by atoms with Crippen molar-refractivity contribution < 1.29 is 19.4 Å². The normalized spacial score (nSPS) is 29.5. The number of aromatic amines is 1. The molecular formula is C49H57N5O5. The quantitative estimate of drug-likeness (QED) is 0.113. The zero-order valence-electron chi connectivity index (χ0n) is 34.0. The van der Waals surface area contributed by atoms with Crippen molar-refractivity contribution in [1.29, 1.82) is 0 Å². The number of urea groups is 1. The molecule has 2 amide bonds. The summed E-state index contributed by atoms with van der Waals surface area (Å²) in [6.45, 7) is 5.20. The maximum absolute atomic E-state index is 13.2. The van der Waals surface area contributed by atoms with Gasteiger partial charge in [-0.1, -0.05) is 85.8 Å². The Balaban J connectivity index is 0.808. The summed E-state index contributed by atoms with van der Waals surface area (Å²) in [5.41, 5.74) is 7.95. The number of amides is 2. The van der Waals surface area contributed by atoms with Gasteiger partial charge in [-0.3, -0.25) is 4.57 Å². The summed E-state index contributed by atoms with van der Waals surface area (Å²) in [6.07, 6.45) is 8.44. The Morgan fingerprint density at radius 2 is 1.51 bits per heavy atom. The number of ether oxygens (including phenoxy) is 2. The van der Waals surface area contributed by atoms with Gasteiger partial charge in [0.2, 0.25) is 0 Å². The average Bonchev–Trinajstić information content (AvgIpc) is 3.59. The third-order valence-corrected chi connectivity index (χ3v) is 14.4. The maximum Gasteiger partial charge on any atom is 0.326 e. The number of imidazole rings is 1. The highest BCUT2D eigenvalue weighted by Gasteiger charge is 2.51. The minimum atomic E-state index is -0.557. The number of nitrogens with zero attached hydrogens (tertiary/aromatic N) is 2. The highest BCUT2D eigenvalue weighted by atomic mass is 16.7. The van der Waals surface area contributed by atoms with Crippen LogP contribution in [0.1, 0.15) is 99.0 Å². The number of piperidine rings is 1. The molecule has 0 unspecified atom stereocenters. The first-order chi connectivity index (χ1) is 28.8. The van der Waals surface area contributed by atoms with E-state index in [2.05, 4.69) is 88.1 Å². The number of benzene rings is 4. The number of rotatable bonds is 10. The Labute approximate surface area is 346 Å². The fourth-order valence-corrected chi connectivity index (χ4v) is 11.8. The molecule has 11 rings (SSSR count). The van der Waals surface area contributed by atoms with Crippen LogP contribution in [0.25, 0.3) is 22.2 Å². The Morgan fingerprint density at radius 3 is 2.22 bits per heavy atom. The monoisotopic (exact) mass is 795 g/mol. The summed E-state index contributed by atoms with van der Waals surface area (Å²) >= 11 is 0. The number of aliphatic hydroxyl groups excluding tert-OH is 1. The molecule has 5 aromatic rings. The molecule has 1 aromatic heterocycles. The Bertz CT molecular complexity index is 2290. The smallest absolute Gasteiger partial charge is 0.326 e. The van der Waals surface area contributed by atoms with E-state index >= 15 is 0 Å². The van der Waals surface area contributed by atoms with Crippen LogP contribution in [0.15, 0.2) is 102 Å². The van der Waals surface area contributed by atoms with Crippen molar-refractivity contribution in [1.82, 2.24) is 25.1 Å². The standard InChI is InChI=1S/C49H57N5O5/c1-31-44(29-53-19-17-41(18-20-53)54-43-8-3-2-7-42(43)51-48(54)57)58-46(59-45(31)38-11-9-32(30-55)10-12-38)39-15-13-37(14-16-39)40-6-4-5-33(24-40)28-50-47(56)52-49-25-34-21-35(26-49)23-36(22-34)27-49/h2-16,24,31,34-36,41,44-46,55H,17-23,25-30H2,1H3,(H,51,57)(H2,50,52,56)/t31-,34?,35?,36?,44+,45+,46+,49?/m0/s1. The number of carbonyl (C=O) groups is 1. The average molecular weight is 796 g/mol. The highest BCUT2D eigenvalue weighted by molar-refractivity contribution is 5.75. The second-order valence-electron chi connectivity index (χ2n) is 18.5. The minimum Gasteiger partial charge on any atom is -0.392 e. The molecule has 2 saturated heterocycles. The van der Waals surface area contributed by atoms with E-state index in [4.69, 9.17) is 9.47 Å². The molecule has 4 atom stereocenters. The fraction of sp³-hybridized carbons (Fsp3) is 0.469. The molecule has 4 N–H and O–H groups in total. The van der Waals surface area contributed by atoms with Gasteiger partial charge < -0.3 is 35.1 Å². The number of carbonyl (C=O) groups excluding carboxylic acids is 1. The van der Waals surface area contributed by atoms with Crippen LogP contribution in [0.2, 0.25) is 0 Å². The zero-order valence-corrected chi connectivity index (χ0v) is 34.0. The van der Waals surface area contributed by atoms with E-state index in [0.29, 0.717) is 6.54 Å². The molecule has 10 nitrogen and oxygen atoms in total. The van der Waals surface area contributed by atoms with Gasteiger partial charge in [-0.25, -0.2) is 9.59 Å². The van der Waals surface area contributed by atoms with Crippen LogP contribution in [0, 0.1) is 23.7 Å². The van der Waals surface area contributed by atoms with Crippen molar-refractivity contribution in [2.75, 3.05) is 19.6 Å². The first kappa shape index (κ1) is 38.5. The van der Waals surface area contributed by atoms with E-state index in [1.165, 1.54) is 19.3 Å². The molecule has 59 heavy (non-hydrogen) atoms. The number of aromatic nitrogens is 2. The van der Waals surface area contributed by atoms with Crippen molar-refractivity contribution in [3.05, 3.63) is 130 Å². The summed E-state index contributed by atoms with van der Waals surface area (Å²) in [5.74, 6) is 2.44. The number of fused-ring (bicyclic) bond motifs is 1. The SMILES string of the molecule is C[C@H]1[C@@H](CN2CCC(n3c(=O)[nH]c4ccccc43)CC2)O[C@@H](c2ccc(-c3cccc(CNC(=O)NC45CC6CC(CC(C6)C4)C5)c3)cc2)O[C@H]1c1ccc(CO)cc1.